The molecule has 0 aliphatic carbocycles. The number of likely N-dealkylation sites (N-methyl/N-ethyl adjacent to an activating group) is 1. The molecule has 1 atom stereocenters. The minimum absolute atomic E-state index is 0.148. The van der Waals surface area contributed by atoms with E-state index < -0.39 is 6.04 Å². The molecule has 1 unspecified atom stereocenters. The van der Waals surface area contributed by atoms with Gasteiger partial charge in [-0.15, -0.1) is 0 Å². The van der Waals surface area contributed by atoms with Gasteiger partial charge in [-0.3, -0.25) is 9.59 Å². The van der Waals surface area contributed by atoms with Crippen LogP contribution in [0.2, 0.25) is 15.1 Å². The summed E-state index contributed by atoms with van der Waals surface area (Å²) in [5.74, 6) is -0.358. The van der Waals surface area contributed by atoms with Gasteiger partial charge in [0.2, 0.25) is 11.8 Å². The van der Waals surface area contributed by atoms with E-state index >= 15 is 0 Å². The minimum Gasteiger partial charge on any atom is -0.355 e. The summed E-state index contributed by atoms with van der Waals surface area (Å²) in [5, 5.41) is 4.36. The molecule has 0 bridgehead atoms. The summed E-state index contributed by atoms with van der Waals surface area (Å²) in [4.78, 5) is 26.9. The first kappa shape index (κ1) is 22.5. The molecule has 1 N–H and O–H groups in total. The fourth-order valence-electron chi connectivity index (χ4n) is 2.82. The molecule has 2 amide bonds. The smallest absolute Gasteiger partial charge is 0.242 e. The third kappa shape index (κ3) is 6.13. The van der Waals surface area contributed by atoms with Crippen molar-refractivity contribution in [3.05, 3.63) is 68.7 Å². The maximum absolute atomic E-state index is 13.0. The lowest BCUT2D eigenvalue weighted by molar-refractivity contribution is -0.140. The lowest BCUT2D eigenvalue weighted by Gasteiger charge is -2.29. The fraction of sp³-hybridized carbons (Fsp3) is 0.333. The predicted molar refractivity (Wildman–Crippen MR) is 115 cm³/mol. The van der Waals surface area contributed by atoms with E-state index in [1.54, 1.807) is 31.2 Å². The van der Waals surface area contributed by atoms with Crippen LogP contribution in [0.1, 0.15) is 31.4 Å². The van der Waals surface area contributed by atoms with Crippen molar-refractivity contribution in [1.29, 1.82) is 0 Å². The molecule has 0 heterocycles. The van der Waals surface area contributed by atoms with E-state index in [4.69, 9.17) is 34.8 Å². The van der Waals surface area contributed by atoms with E-state index in [2.05, 4.69) is 5.32 Å². The second kappa shape index (κ2) is 10.7. The van der Waals surface area contributed by atoms with Crippen LogP contribution in [0.25, 0.3) is 0 Å². The van der Waals surface area contributed by atoms with E-state index in [0.29, 0.717) is 28.0 Å². The molecule has 2 aromatic carbocycles. The Balaban J connectivity index is 2.20. The number of carbonyl (C=O) groups excluding carboxylic acids is 2. The lowest BCUT2D eigenvalue weighted by atomic mass is 10.1. The molecule has 0 radical (unpaired) electrons. The van der Waals surface area contributed by atoms with Crippen LogP contribution in [0.3, 0.4) is 0 Å². The van der Waals surface area contributed by atoms with Crippen LogP contribution in [-0.2, 0) is 22.6 Å². The maximum atomic E-state index is 13.0. The van der Waals surface area contributed by atoms with Gasteiger partial charge in [-0.25, -0.2) is 0 Å². The standard InChI is InChI=1S/C21H23Cl3N2O2/c1-3-25-21(28)14(2)26(13-16-8-10-17(22)12-19(16)24)20(27)11-9-15-6-4-5-7-18(15)23/h4-8,10,12,14H,3,9,11,13H2,1-2H3,(H,25,28). The Hall–Kier alpha value is -1.75. The predicted octanol–water partition coefficient (Wildman–Crippen LogP) is 5.13. The zero-order chi connectivity index (χ0) is 20.7. The van der Waals surface area contributed by atoms with Crippen LogP contribution in [0, 0.1) is 0 Å². The number of carbonyl (C=O) groups is 2. The molecule has 0 saturated heterocycles. The second-order valence-corrected chi connectivity index (χ2v) is 7.67. The number of nitrogens with one attached hydrogen (secondary N) is 1. The van der Waals surface area contributed by atoms with Gasteiger partial charge in [0.1, 0.15) is 6.04 Å². The van der Waals surface area contributed by atoms with Gasteiger partial charge in [-0.2, -0.15) is 0 Å². The summed E-state index contributed by atoms with van der Waals surface area (Å²) in [5.41, 5.74) is 1.63. The number of aryl methyl sites for hydroxylation is 1. The number of halogens is 3. The molecular formula is C21H23Cl3N2O2. The molecule has 2 rings (SSSR count). The van der Waals surface area contributed by atoms with E-state index in [9.17, 15) is 9.59 Å². The summed E-state index contributed by atoms with van der Waals surface area (Å²) in [7, 11) is 0. The largest absolute Gasteiger partial charge is 0.355 e. The number of rotatable bonds is 8. The van der Waals surface area contributed by atoms with Crippen LogP contribution in [-0.4, -0.2) is 29.3 Å². The van der Waals surface area contributed by atoms with E-state index in [1.807, 2.05) is 25.1 Å². The van der Waals surface area contributed by atoms with E-state index in [1.165, 1.54) is 4.90 Å². The Morgan fingerprint density at radius 2 is 1.75 bits per heavy atom. The molecule has 0 aromatic heterocycles. The highest BCUT2D eigenvalue weighted by Gasteiger charge is 2.26. The average molecular weight is 442 g/mol. The molecule has 0 aliphatic rings. The summed E-state index contributed by atoms with van der Waals surface area (Å²) < 4.78 is 0. The van der Waals surface area contributed by atoms with Crippen molar-refractivity contribution in [3.8, 4) is 0 Å². The molecule has 0 spiro atoms. The Morgan fingerprint density at radius 1 is 1.04 bits per heavy atom. The van der Waals surface area contributed by atoms with Crippen molar-refractivity contribution in [2.24, 2.45) is 0 Å². The topological polar surface area (TPSA) is 49.4 Å². The minimum atomic E-state index is -0.634. The summed E-state index contributed by atoms with van der Waals surface area (Å²) >= 11 is 18.4. The van der Waals surface area contributed by atoms with Crippen molar-refractivity contribution >= 4 is 46.6 Å². The quantitative estimate of drug-likeness (QED) is 0.617. The first-order valence-electron chi connectivity index (χ1n) is 9.08. The van der Waals surface area contributed by atoms with Gasteiger partial charge >= 0.3 is 0 Å². The first-order valence-corrected chi connectivity index (χ1v) is 10.2. The summed E-state index contributed by atoms with van der Waals surface area (Å²) in [6, 6.07) is 11.9. The van der Waals surface area contributed by atoms with Gasteiger partial charge in [-0.05, 0) is 49.6 Å². The van der Waals surface area contributed by atoms with E-state index in [0.717, 1.165) is 11.1 Å². The first-order chi connectivity index (χ1) is 13.3. The highest BCUT2D eigenvalue weighted by molar-refractivity contribution is 6.35. The Morgan fingerprint density at radius 3 is 2.39 bits per heavy atom. The van der Waals surface area contributed by atoms with Crippen molar-refractivity contribution in [2.75, 3.05) is 6.54 Å². The highest BCUT2D eigenvalue weighted by Crippen LogP contribution is 2.24. The molecule has 28 heavy (non-hydrogen) atoms. The van der Waals surface area contributed by atoms with Gasteiger partial charge in [0.25, 0.3) is 0 Å². The maximum Gasteiger partial charge on any atom is 0.242 e. The second-order valence-electron chi connectivity index (χ2n) is 6.42. The third-order valence-corrected chi connectivity index (χ3v) is 5.40. The molecule has 7 heteroatoms. The van der Waals surface area contributed by atoms with Gasteiger partial charge in [0.05, 0.1) is 0 Å². The molecule has 0 saturated carbocycles. The summed E-state index contributed by atoms with van der Waals surface area (Å²) in [6.45, 7) is 4.26. The number of benzene rings is 2. The number of nitrogens with zero attached hydrogens (tertiary/aromatic N) is 1. The Labute approximate surface area is 180 Å². The Bertz CT molecular complexity index is 842. The van der Waals surface area contributed by atoms with Crippen LogP contribution in [0.5, 0.6) is 0 Å². The number of hydrogen-bond donors (Lipinski definition) is 1. The zero-order valence-electron chi connectivity index (χ0n) is 15.8. The number of hydrogen-bond acceptors (Lipinski definition) is 2. The van der Waals surface area contributed by atoms with Crippen LogP contribution in [0.4, 0.5) is 0 Å². The van der Waals surface area contributed by atoms with Crippen molar-refractivity contribution < 1.29 is 9.59 Å². The Kier molecular flexibility index (Phi) is 8.61. The third-order valence-electron chi connectivity index (χ3n) is 4.44. The highest BCUT2D eigenvalue weighted by atomic mass is 35.5. The molecule has 150 valence electrons. The van der Waals surface area contributed by atoms with Crippen molar-refractivity contribution in [3.63, 3.8) is 0 Å². The van der Waals surface area contributed by atoms with Crippen LogP contribution in [0.15, 0.2) is 42.5 Å². The van der Waals surface area contributed by atoms with Gasteiger partial charge in [-0.1, -0.05) is 59.1 Å². The van der Waals surface area contributed by atoms with E-state index in [-0.39, 0.29) is 24.8 Å². The fourth-order valence-corrected chi connectivity index (χ4v) is 3.52. The van der Waals surface area contributed by atoms with Gasteiger partial charge in [0.15, 0.2) is 0 Å². The lowest BCUT2D eigenvalue weighted by Crippen LogP contribution is -2.47. The van der Waals surface area contributed by atoms with Crippen molar-refractivity contribution in [1.82, 2.24) is 10.2 Å². The molecule has 0 aliphatic heterocycles. The normalized spacial score (nSPS) is 11.8. The monoisotopic (exact) mass is 440 g/mol. The van der Waals surface area contributed by atoms with Crippen LogP contribution >= 0.6 is 34.8 Å². The van der Waals surface area contributed by atoms with Crippen molar-refractivity contribution in [2.45, 2.75) is 39.3 Å². The van der Waals surface area contributed by atoms with Gasteiger partial charge in [0, 0.05) is 34.6 Å². The number of amides is 2. The average Bonchev–Trinajstić information content (AvgIpc) is 2.66. The summed E-state index contributed by atoms with van der Waals surface area (Å²) in [6.07, 6.45) is 0.726. The van der Waals surface area contributed by atoms with Crippen LogP contribution < -0.4 is 5.32 Å². The molecule has 2 aromatic rings. The van der Waals surface area contributed by atoms with Gasteiger partial charge < -0.3 is 10.2 Å². The molecule has 4 nitrogen and oxygen atoms in total. The molecule has 0 fully saturated rings. The SMILES string of the molecule is CCNC(=O)C(C)N(Cc1ccc(Cl)cc1Cl)C(=O)CCc1ccccc1Cl. The zero-order valence-corrected chi connectivity index (χ0v) is 18.1. The molecular weight excluding hydrogens is 419 g/mol.